The Morgan fingerprint density at radius 3 is 2.30 bits per heavy atom. The standard InChI is InChI=1S/C7H16O2Si/c1-7(8)9-5-6-10(2,3)4/h8H,1,5-6H2,2-4H3. The maximum absolute atomic E-state index is 8.55. The molecule has 1 N–H and O–H groups in total. The van der Waals surface area contributed by atoms with Crippen LogP contribution >= 0.6 is 0 Å². The molecule has 0 aliphatic heterocycles. The number of hydrogen-bond acceptors (Lipinski definition) is 2. The van der Waals surface area contributed by atoms with E-state index in [1.165, 1.54) is 0 Å². The summed E-state index contributed by atoms with van der Waals surface area (Å²) in [7, 11) is -1.00. The van der Waals surface area contributed by atoms with Crippen LogP contribution in [0.4, 0.5) is 0 Å². The molecule has 0 aliphatic rings. The highest BCUT2D eigenvalue weighted by molar-refractivity contribution is 6.76. The number of rotatable bonds is 4. The zero-order valence-electron chi connectivity index (χ0n) is 6.98. The van der Waals surface area contributed by atoms with E-state index in [0.29, 0.717) is 6.61 Å². The monoisotopic (exact) mass is 160 g/mol. The fourth-order valence-corrected chi connectivity index (χ4v) is 1.19. The van der Waals surface area contributed by atoms with Crippen molar-refractivity contribution in [2.75, 3.05) is 6.61 Å². The maximum atomic E-state index is 8.55. The van der Waals surface area contributed by atoms with Crippen LogP contribution in [0, 0.1) is 0 Å². The lowest BCUT2D eigenvalue weighted by Gasteiger charge is -2.14. The third-order valence-corrected chi connectivity index (χ3v) is 2.82. The molecule has 0 aromatic heterocycles. The molecule has 0 radical (unpaired) electrons. The smallest absolute Gasteiger partial charge is 0.268 e. The molecule has 0 spiro atoms. The molecule has 0 aromatic rings. The lowest BCUT2D eigenvalue weighted by Crippen LogP contribution is -2.21. The summed E-state index contributed by atoms with van der Waals surface area (Å²) in [6, 6.07) is 1.06. The predicted molar refractivity (Wildman–Crippen MR) is 45.9 cm³/mol. The van der Waals surface area contributed by atoms with Gasteiger partial charge in [0.05, 0.1) is 6.61 Å². The van der Waals surface area contributed by atoms with E-state index in [-0.39, 0.29) is 5.95 Å². The van der Waals surface area contributed by atoms with E-state index in [2.05, 4.69) is 26.2 Å². The van der Waals surface area contributed by atoms with Gasteiger partial charge in [-0.1, -0.05) is 19.6 Å². The van der Waals surface area contributed by atoms with E-state index in [1.807, 2.05) is 0 Å². The molecular weight excluding hydrogens is 144 g/mol. The summed E-state index contributed by atoms with van der Waals surface area (Å²) in [5, 5.41) is 8.55. The maximum Gasteiger partial charge on any atom is 0.268 e. The van der Waals surface area contributed by atoms with Crippen LogP contribution in [0.3, 0.4) is 0 Å². The number of aliphatic hydroxyl groups is 1. The molecule has 0 bridgehead atoms. The molecule has 0 saturated carbocycles. The van der Waals surface area contributed by atoms with Crippen molar-refractivity contribution in [3.05, 3.63) is 12.5 Å². The molecule has 0 unspecified atom stereocenters. The summed E-state index contributed by atoms with van der Waals surface area (Å²) in [5.74, 6) is -0.168. The fraction of sp³-hybridized carbons (Fsp3) is 0.714. The van der Waals surface area contributed by atoms with Crippen LogP contribution in [0.1, 0.15) is 0 Å². The Morgan fingerprint density at radius 1 is 1.50 bits per heavy atom. The van der Waals surface area contributed by atoms with Gasteiger partial charge in [-0.05, 0) is 12.6 Å². The average molecular weight is 160 g/mol. The average Bonchev–Trinajstić information content (AvgIpc) is 1.59. The first-order valence-electron chi connectivity index (χ1n) is 3.42. The van der Waals surface area contributed by atoms with E-state index >= 15 is 0 Å². The Balaban J connectivity index is 3.29. The summed E-state index contributed by atoms with van der Waals surface area (Å²) < 4.78 is 4.81. The highest BCUT2D eigenvalue weighted by Crippen LogP contribution is 2.08. The van der Waals surface area contributed by atoms with Crippen LogP contribution in [-0.4, -0.2) is 19.8 Å². The molecule has 60 valence electrons. The van der Waals surface area contributed by atoms with Crippen molar-refractivity contribution in [2.45, 2.75) is 25.7 Å². The normalized spacial score (nSPS) is 11.1. The van der Waals surface area contributed by atoms with Gasteiger partial charge in [-0.2, -0.15) is 0 Å². The van der Waals surface area contributed by atoms with Gasteiger partial charge in [-0.15, -0.1) is 0 Å². The summed E-state index contributed by atoms with van der Waals surface area (Å²) >= 11 is 0. The van der Waals surface area contributed by atoms with E-state index in [4.69, 9.17) is 9.84 Å². The van der Waals surface area contributed by atoms with Crippen molar-refractivity contribution in [1.29, 1.82) is 0 Å². The first kappa shape index (κ1) is 9.56. The van der Waals surface area contributed by atoms with Crippen molar-refractivity contribution < 1.29 is 9.84 Å². The quantitative estimate of drug-likeness (QED) is 0.505. The number of hydrogen-bond donors (Lipinski definition) is 1. The highest BCUT2D eigenvalue weighted by Gasteiger charge is 2.12. The molecule has 10 heavy (non-hydrogen) atoms. The lowest BCUT2D eigenvalue weighted by molar-refractivity contribution is 0.104. The van der Waals surface area contributed by atoms with Crippen molar-refractivity contribution in [1.82, 2.24) is 0 Å². The van der Waals surface area contributed by atoms with E-state index < -0.39 is 8.07 Å². The number of aliphatic hydroxyl groups excluding tert-OH is 1. The Bertz CT molecular complexity index is 115. The zero-order chi connectivity index (χ0) is 8.20. The minimum atomic E-state index is -1.00. The van der Waals surface area contributed by atoms with Crippen LogP contribution in [-0.2, 0) is 4.74 Å². The predicted octanol–water partition coefficient (Wildman–Crippen LogP) is 2.37. The van der Waals surface area contributed by atoms with Crippen LogP contribution in [0.15, 0.2) is 12.5 Å². The van der Waals surface area contributed by atoms with Crippen LogP contribution in [0.2, 0.25) is 25.7 Å². The van der Waals surface area contributed by atoms with Gasteiger partial charge >= 0.3 is 0 Å². The molecule has 0 atom stereocenters. The zero-order valence-corrected chi connectivity index (χ0v) is 7.98. The van der Waals surface area contributed by atoms with Crippen molar-refractivity contribution in [3.8, 4) is 0 Å². The van der Waals surface area contributed by atoms with Crippen molar-refractivity contribution in [2.24, 2.45) is 0 Å². The summed E-state index contributed by atoms with van der Waals surface area (Å²) in [6.45, 7) is 10.6. The first-order valence-corrected chi connectivity index (χ1v) is 7.13. The third kappa shape index (κ3) is 7.56. The Morgan fingerprint density at radius 2 is 2.00 bits per heavy atom. The Hall–Kier alpha value is -0.443. The molecular formula is C7H16O2Si. The summed E-state index contributed by atoms with van der Waals surface area (Å²) in [5.41, 5.74) is 0. The second-order valence-corrected chi connectivity index (χ2v) is 9.17. The molecule has 2 nitrogen and oxygen atoms in total. The molecule has 0 aromatic carbocycles. The summed E-state index contributed by atoms with van der Waals surface area (Å²) in [4.78, 5) is 0. The van der Waals surface area contributed by atoms with E-state index in [1.54, 1.807) is 0 Å². The van der Waals surface area contributed by atoms with Crippen molar-refractivity contribution in [3.63, 3.8) is 0 Å². The third-order valence-electron chi connectivity index (χ3n) is 1.12. The fourth-order valence-electron chi connectivity index (χ4n) is 0.475. The van der Waals surface area contributed by atoms with Crippen LogP contribution < -0.4 is 0 Å². The highest BCUT2D eigenvalue weighted by atomic mass is 28.3. The van der Waals surface area contributed by atoms with Crippen LogP contribution in [0.5, 0.6) is 0 Å². The number of ether oxygens (including phenoxy) is 1. The minimum absolute atomic E-state index is 0.168. The molecule has 3 heteroatoms. The Labute approximate surface area is 63.5 Å². The molecule has 0 fully saturated rings. The Kier molecular flexibility index (Phi) is 3.50. The molecule has 0 aliphatic carbocycles. The second-order valence-electron chi connectivity index (χ2n) is 3.55. The lowest BCUT2D eigenvalue weighted by atomic mass is 10.8. The largest absolute Gasteiger partial charge is 0.481 e. The van der Waals surface area contributed by atoms with E-state index in [9.17, 15) is 0 Å². The SMILES string of the molecule is C=C(O)OCC[Si](C)(C)C. The summed E-state index contributed by atoms with van der Waals surface area (Å²) in [6.07, 6.45) is 0. The van der Waals surface area contributed by atoms with Gasteiger partial charge in [0.2, 0.25) is 0 Å². The molecule has 0 rings (SSSR count). The van der Waals surface area contributed by atoms with Gasteiger partial charge in [0, 0.05) is 8.07 Å². The molecule has 0 saturated heterocycles. The van der Waals surface area contributed by atoms with E-state index in [0.717, 1.165) is 6.04 Å². The molecule has 0 amide bonds. The topological polar surface area (TPSA) is 29.5 Å². The van der Waals surface area contributed by atoms with Gasteiger partial charge in [-0.25, -0.2) is 0 Å². The first-order chi connectivity index (χ1) is 4.42. The van der Waals surface area contributed by atoms with Crippen molar-refractivity contribution >= 4 is 8.07 Å². The van der Waals surface area contributed by atoms with Gasteiger partial charge in [0.1, 0.15) is 0 Å². The van der Waals surface area contributed by atoms with Gasteiger partial charge in [0.15, 0.2) is 0 Å². The van der Waals surface area contributed by atoms with Gasteiger partial charge < -0.3 is 9.84 Å². The van der Waals surface area contributed by atoms with Gasteiger partial charge in [0.25, 0.3) is 5.95 Å². The van der Waals surface area contributed by atoms with Gasteiger partial charge in [-0.3, -0.25) is 0 Å². The molecule has 0 heterocycles. The second kappa shape index (κ2) is 3.66. The minimum Gasteiger partial charge on any atom is -0.481 e. The van der Waals surface area contributed by atoms with Crippen LogP contribution in [0.25, 0.3) is 0 Å².